The molecule has 0 saturated carbocycles. The summed E-state index contributed by atoms with van der Waals surface area (Å²) < 4.78 is 21.5. The van der Waals surface area contributed by atoms with E-state index in [1.165, 1.54) is 53.2 Å². The van der Waals surface area contributed by atoms with Crippen molar-refractivity contribution in [1.29, 1.82) is 0 Å². The highest BCUT2D eigenvalue weighted by Crippen LogP contribution is 2.29. The highest BCUT2D eigenvalue weighted by atomic mass is 32.2. The summed E-state index contributed by atoms with van der Waals surface area (Å²) in [6, 6.07) is 20.4. The number of H-pyrrole nitrogens is 1. The molecule has 32 heavy (non-hydrogen) atoms. The minimum atomic E-state index is -2.11. The molecular weight excluding hydrogens is 434 g/mol. The molecule has 0 aliphatic rings. The summed E-state index contributed by atoms with van der Waals surface area (Å²) in [5, 5.41) is 22.2. The van der Waals surface area contributed by atoms with Crippen LogP contribution >= 0.6 is 0 Å². The van der Waals surface area contributed by atoms with E-state index < -0.39 is 21.6 Å². The number of aromatic amines is 1. The van der Waals surface area contributed by atoms with Crippen molar-refractivity contribution in [3.63, 3.8) is 0 Å². The molecule has 0 radical (unpaired) electrons. The molecule has 0 aliphatic carbocycles. The Morgan fingerprint density at radius 3 is 2.19 bits per heavy atom. The number of hydrogen-bond donors (Lipinski definition) is 2. The van der Waals surface area contributed by atoms with Crippen LogP contribution in [-0.4, -0.2) is 23.5 Å². The summed E-state index contributed by atoms with van der Waals surface area (Å²) in [6.07, 6.45) is 0. The molecule has 3 aromatic carbocycles. The average molecular weight is 449 g/mol. The molecule has 1 atom stereocenters. The van der Waals surface area contributed by atoms with Crippen molar-refractivity contribution in [3.05, 3.63) is 99.3 Å². The summed E-state index contributed by atoms with van der Waals surface area (Å²) in [5.41, 5.74) is 1.28. The number of rotatable bonds is 6. The maximum atomic E-state index is 13.1. The number of nitro groups is 1. The lowest BCUT2D eigenvalue weighted by molar-refractivity contribution is -0.384. The Hall–Kier alpha value is -4.22. The Labute approximate surface area is 183 Å². The van der Waals surface area contributed by atoms with Crippen molar-refractivity contribution < 1.29 is 13.7 Å². The van der Waals surface area contributed by atoms with Crippen molar-refractivity contribution in [3.8, 4) is 16.9 Å². The van der Waals surface area contributed by atoms with Crippen LogP contribution in [0.1, 0.15) is 0 Å². The molecule has 0 fully saturated rings. The van der Waals surface area contributed by atoms with Gasteiger partial charge in [-0.25, -0.2) is 8.89 Å². The number of nitrogens with one attached hydrogen (secondary N) is 1. The molecule has 1 aromatic heterocycles. The molecule has 160 valence electrons. The van der Waals surface area contributed by atoms with Gasteiger partial charge in [0.15, 0.2) is 16.8 Å². The first-order valence-corrected chi connectivity index (χ1v) is 10.3. The molecule has 4 aromatic rings. The summed E-state index contributed by atoms with van der Waals surface area (Å²) in [7, 11) is 0. The first-order valence-electron chi connectivity index (χ1n) is 9.22. The molecule has 0 aliphatic heterocycles. The number of para-hydroxylation sites is 1. The van der Waals surface area contributed by atoms with E-state index in [1.807, 2.05) is 6.07 Å². The van der Waals surface area contributed by atoms with Crippen LogP contribution in [0.3, 0.4) is 0 Å². The van der Waals surface area contributed by atoms with Gasteiger partial charge in [0.25, 0.3) is 11.2 Å². The minimum absolute atomic E-state index is 0.0116. The lowest BCUT2D eigenvalue weighted by Gasteiger charge is -2.01. The summed E-state index contributed by atoms with van der Waals surface area (Å²) >= 11 is -2.11. The quantitative estimate of drug-likeness (QED) is 0.189. The zero-order valence-electron chi connectivity index (χ0n) is 16.3. The maximum Gasteiger partial charge on any atom is 0.299 e. The molecule has 1 unspecified atom stereocenters. The number of hydrogen-bond acceptors (Lipinski definition) is 6. The largest absolute Gasteiger partial charge is 0.302 e. The van der Waals surface area contributed by atoms with Crippen LogP contribution in [0.2, 0.25) is 0 Å². The van der Waals surface area contributed by atoms with Crippen LogP contribution in [0.15, 0.2) is 98.8 Å². The Bertz CT molecular complexity index is 1380. The fourth-order valence-electron chi connectivity index (χ4n) is 2.97. The van der Waals surface area contributed by atoms with Crippen LogP contribution < -0.4 is 5.56 Å². The highest BCUT2D eigenvalue weighted by molar-refractivity contribution is 7.79. The monoisotopic (exact) mass is 449 g/mol. The van der Waals surface area contributed by atoms with E-state index in [0.29, 0.717) is 22.6 Å². The van der Waals surface area contributed by atoms with Gasteiger partial charge in [0.2, 0.25) is 0 Å². The molecule has 4 rings (SSSR count). The summed E-state index contributed by atoms with van der Waals surface area (Å²) in [6.45, 7) is 0. The van der Waals surface area contributed by atoms with Gasteiger partial charge in [-0.15, -0.1) is 5.11 Å². The number of nitro benzene ring substituents is 1. The van der Waals surface area contributed by atoms with Gasteiger partial charge in [-0.05, 0) is 48.5 Å². The molecule has 0 bridgehead atoms. The van der Waals surface area contributed by atoms with Gasteiger partial charge >= 0.3 is 0 Å². The summed E-state index contributed by atoms with van der Waals surface area (Å²) in [4.78, 5) is 23.8. The van der Waals surface area contributed by atoms with Gasteiger partial charge in [0.05, 0.1) is 26.9 Å². The minimum Gasteiger partial charge on any atom is -0.302 e. The lowest BCUT2D eigenvalue weighted by Crippen LogP contribution is -2.13. The van der Waals surface area contributed by atoms with Crippen molar-refractivity contribution in [1.82, 2.24) is 9.78 Å². The third kappa shape index (κ3) is 4.29. The first-order chi connectivity index (χ1) is 15.4. The van der Waals surface area contributed by atoms with Crippen molar-refractivity contribution >= 4 is 28.1 Å². The van der Waals surface area contributed by atoms with E-state index in [1.54, 1.807) is 24.3 Å². The van der Waals surface area contributed by atoms with E-state index in [-0.39, 0.29) is 16.3 Å². The van der Waals surface area contributed by atoms with Crippen LogP contribution in [-0.2, 0) is 11.1 Å². The number of nitrogens with zero attached hydrogens (tertiary/aromatic N) is 4. The fraction of sp³-hybridized carbons (Fsp3) is 0. The van der Waals surface area contributed by atoms with Gasteiger partial charge in [-0.1, -0.05) is 18.2 Å². The SMILES string of the molecule is O=c1c(N=Nc2ccc(S(=O)O)cc2)c(-c2ccc([N+](=O)[O-])cc2)[nH]n1-c1ccccc1. The zero-order chi connectivity index (χ0) is 22.7. The topological polar surface area (TPSA) is 143 Å². The van der Waals surface area contributed by atoms with Gasteiger partial charge in [0, 0.05) is 17.7 Å². The standard InChI is InChI=1S/C21H15N5O5S/c27-21-20(23-22-15-8-12-18(13-9-15)32(30)31)19(14-6-10-17(11-7-14)26(28)29)24-25(21)16-4-2-1-3-5-16/h1-13,24H,(H,30,31). The molecule has 0 saturated heterocycles. The Kier molecular flexibility index (Phi) is 5.83. The van der Waals surface area contributed by atoms with Gasteiger partial charge in [-0.2, -0.15) is 5.11 Å². The molecular formula is C21H15N5O5S. The second kappa shape index (κ2) is 8.88. The Morgan fingerprint density at radius 2 is 1.59 bits per heavy atom. The normalized spacial score (nSPS) is 12.2. The number of non-ortho nitro benzene ring substituents is 1. The predicted molar refractivity (Wildman–Crippen MR) is 118 cm³/mol. The fourth-order valence-corrected chi connectivity index (χ4v) is 3.34. The van der Waals surface area contributed by atoms with E-state index in [9.17, 15) is 19.1 Å². The maximum absolute atomic E-state index is 13.1. The van der Waals surface area contributed by atoms with Crippen LogP contribution in [0, 0.1) is 10.1 Å². The van der Waals surface area contributed by atoms with Gasteiger partial charge < -0.3 is 4.55 Å². The van der Waals surface area contributed by atoms with Crippen LogP contribution in [0.5, 0.6) is 0 Å². The van der Waals surface area contributed by atoms with Crippen molar-refractivity contribution in [2.45, 2.75) is 4.90 Å². The second-order valence-corrected chi connectivity index (χ2v) is 7.53. The third-order valence-corrected chi connectivity index (χ3v) is 5.23. The molecule has 0 amide bonds. The van der Waals surface area contributed by atoms with Crippen molar-refractivity contribution in [2.24, 2.45) is 10.2 Å². The molecule has 10 nitrogen and oxygen atoms in total. The van der Waals surface area contributed by atoms with Gasteiger partial charge in [0.1, 0.15) is 0 Å². The summed E-state index contributed by atoms with van der Waals surface area (Å²) in [5.74, 6) is 0. The van der Waals surface area contributed by atoms with E-state index >= 15 is 0 Å². The number of aromatic nitrogens is 2. The highest BCUT2D eigenvalue weighted by Gasteiger charge is 2.18. The van der Waals surface area contributed by atoms with E-state index in [0.717, 1.165) is 0 Å². The Balaban J connectivity index is 1.80. The zero-order valence-corrected chi connectivity index (χ0v) is 17.1. The first kappa shape index (κ1) is 21.0. The molecule has 11 heteroatoms. The van der Waals surface area contributed by atoms with E-state index in [4.69, 9.17) is 4.55 Å². The number of azo groups is 1. The van der Waals surface area contributed by atoms with Gasteiger partial charge in [-0.3, -0.25) is 20.0 Å². The smallest absolute Gasteiger partial charge is 0.299 e. The predicted octanol–water partition coefficient (Wildman–Crippen LogP) is 4.74. The number of benzene rings is 3. The Morgan fingerprint density at radius 1 is 0.938 bits per heavy atom. The molecule has 0 spiro atoms. The average Bonchev–Trinajstić information content (AvgIpc) is 3.14. The van der Waals surface area contributed by atoms with Crippen molar-refractivity contribution in [2.75, 3.05) is 0 Å². The van der Waals surface area contributed by atoms with Crippen LogP contribution in [0.4, 0.5) is 17.1 Å². The molecule has 2 N–H and O–H groups in total. The van der Waals surface area contributed by atoms with E-state index in [2.05, 4.69) is 15.3 Å². The molecule has 1 heterocycles. The second-order valence-electron chi connectivity index (χ2n) is 6.56. The lowest BCUT2D eigenvalue weighted by atomic mass is 10.1. The van der Waals surface area contributed by atoms with Crippen LogP contribution in [0.25, 0.3) is 16.9 Å². The third-order valence-electron chi connectivity index (χ3n) is 4.55.